The molecule has 0 aromatic rings. The van der Waals surface area contributed by atoms with Gasteiger partial charge in [-0.3, -0.25) is 0 Å². The number of alkyl carbamates (subject to hydrolysis) is 1. The number of nitrogens with one attached hydrogen (secondary N) is 1. The van der Waals surface area contributed by atoms with E-state index in [2.05, 4.69) is 18.8 Å². The summed E-state index contributed by atoms with van der Waals surface area (Å²) in [6.45, 7) is 7.60. The van der Waals surface area contributed by atoms with Crippen LogP contribution in [0.5, 0.6) is 0 Å². The van der Waals surface area contributed by atoms with Crippen molar-refractivity contribution in [3.63, 3.8) is 0 Å². The molecule has 0 aromatic heterocycles. The number of carbonyl (C=O) groups is 2. The second kappa shape index (κ2) is 10.6. The highest BCUT2D eigenvalue weighted by Gasteiger charge is 2.17. The van der Waals surface area contributed by atoms with Gasteiger partial charge in [-0.2, -0.15) is 0 Å². The molecule has 0 aliphatic rings. The summed E-state index contributed by atoms with van der Waals surface area (Å²) < 4.78 is 9.72. The van der Waals surface area contributed by atoms with Crippen LogP contribution in [0.3, 0.4) is 0 Å². The van der Waals surface area contributed by atoms with Gasteiger partial charge in [0.05, 0.1) is 6.61 Å². The molecule has 0 aliphatic heterocycles. The number of unbranched alkanes of at least 4 members (excludes halogenated alkanes) is 3. The van der Waals surface area contributed by atoms with E-state index in [0.717, 1.165) is 25.7 Å². The van der Waals surface area contributed by atoms with Crippen molar-refractivity contribution in [3.8, 4) is 0 Å². The van der Waals surface area contributed by atoms with Gasteiger partial charge in [-0.15, -0.1) is 0 Å². The number of carbonyl (C=O) groups excluding carboxylic acids is 2. The molecule has 0 fully saturated rings. The number of rotatable bonds is 9. The van der Waals surface area contributed by atoms with Crippen molar-refractivity contribution < 1.29 is 19.1 Å². The molecule has 104 valence electrons. The lowest BCUT2D eigenvalue weighted by atomic mass is 10.2. The van der Waals surface area contributed by atoms with Crippen molar-refractivity contribution in [3.05, 3.63) is 12.7 Å². The molecular formula is C13H23NO4. The first-order valence-electron chi connectivity index (χ1n) is 6.32. The molecular weight excluding hydrogens is 234 g/mol. The van der Waals surface area contributed by atoms with Crippen molar-refractivity contribution in [1.82, 2.24) is 5.32 Å². The number of hydrogen-bond donors (Lipinski definition) is 1. The standard InChI is InChI=1S/C13H23NO4/c1-4-6-7-8-10-17-12(15)11(3)14-13(16)18-9-5-2/h5,11H,2,4,6-10H2,1,3H3,(H,14,16)/t11-/m0/s1. The van der Waals surface area contributed by atoms with Gasteiger partial charge in [-0.05, 0) is 13.3 Å². The first-order chi connectivity index (χ1) is 8.61. The van der Waals surface area contributed by atoms with Crippen LogP contribution in [0.2, 0.25) is 0 Å². The minimum atomic E-state index is -0.700. The van der Waals surface area contributed by atoms with Gasteiger partial charge in [0.15, 0.2) is 0 Å². The van der Waals surface area contributed by atoms with E-state index in [1.54, 1.807) is 6.92 Å². The maximum Gasteiger partial charge on any atom is 0.408 e. The molecule has 0 saturated carbocycles. The Labute approximate surface area is 109 Å². The summed E-state index contributed by atoms with van der Waals surface area (Å²) in [5.74, 6) is -0.443. The quantitative estimate of drug-likeness (QED) is 0.391. The minimum Gasteiger partial charge on any atom is -0.464 e. The van der Waals surface area contributed by atoms with Gasteiger partial charge in [0.2, 0.25) is 0 Å². The Hall–Kier alpha value is -1.52. The molecule has 0 aromatic carbocycles. The summed E-state index contributed by atoms with van der Waals surface area (Å²) in [4.78, 5) is 22.6. The smallest absolute Gasteiger partial charge is 0.408 e. The summed E-state index contributed by atoms with van der Waals surface area (Å²) in [6, 6.07) is -0.700. The third-order valence-corrected chi connectivity index (χ3v) is 2.26. The molecule has 0 rings (SSSR count). The van der Waals surface area contributed by atoms with Crippen LogP contribution in [0, 0.1) is 0 Å². The zero-order valence-corrected chi connectivity index (χ0v) is 11.2. The van der Waals surface area contributed by atoms with E-state index < -0.39 is 18.1 Å². The number of amides is 1. The van der Waals surface area contributed by atoms with Gasteiger partial charge in [0.1, 0.15) is 12.6 Å². The van der Waals surface area contributed by atoms with E-state index in [9.17, 15) is 9.59 Å². The minimum absolute atomic E-state index is 0.116. The fraction of sp³-hybridized carbons (Fsp3) is 0.692. The molecule has 5 nitrogen and oxygen atoms in total. The van der Waals surface area contributed by atoms with Crippen LogP contribution < -0.4 is 5.32 Å². The largest absolute Gasteiger partial charge is 0.464 e. The van der Waals surface area contributed by atoms with Gasteiger partial charge in [0, 0.05) is 0 Å². The van der Waals surface area contributed by atoms with Crippen LogP contribution in [0.25, 0.3) is 0 Å². The van der Waals surface area contributed by atoms with Crippen molar-refractivity contribution in [2.75, 3.05) is 13.2 Å². The highest BCUT2D eigenvalue weighted by atomic mass is 16.6. The van der Waals surface area contributed by atoms with Crippen molar-refractivity contribution >= 4 is 12.1 Å². The monoisotopic (exact) mass is 257 g/mol. The first kappa shape index (κ1) is 16.5. The second-order valence-electron chi connectivity index (χ2n) is 3.98. The Balaban J connectivity index is 3.68. The Morgan fingerprint density at radius 3 is 2.61 bits per heavy atom. The molecule has 0 aliphatic carbocycles. The van der Waals surface area contributed by atoms with E-state index in [4.69, 9.17) is 9.47 Å². The third kappa shape index (κ3) is 8.61. The zero-order valence-electron chi connectivity index (χ0n) is 11.2. The van der Waals surface area contributed by atoms with Crippen molar-refractivity contribution in [1.29, 1.82) is 0 Å². The molecule has 0 saturated heterocycles. The van der Waals surface area contributed by atoms with E-state index in [0.29, 0.717) is 6.61 Å². The van der Waals surface area contributed by atoms with Crippen LogP contribution in [-0.2, 0) is 14.3 Å². The Bertz CT molecular complexity index is 266. The van der Waals surface area contributed by atoms with Gasteiger partial charge in [0.25, 0.3) is 0 Å². The topological polar surface area (TPSA) is 64.6 Å². The highest BCUT2D eigenvalue weighted by Crippen LogP contribution is 2.00. The fourth-order valence-electron chi connectivity index (χ4n) is 1.24. The van der Waals surface area contributed by atoms with E-state index >= 15 is 0 Å². The highest BCUT2D eigenvalue weighted by molar-refractivity contribution is 5.80. The predicted molar refractivity (Wildman–Crippen MR) is 69.2 cm³/mol. The molecule has 0 radical (unpaired) electrons. The lowest BCUT2D eigenvalue weighted by Gasteiger charge is -2.12. The van der Waals surface area contributed by atoms with E-state index in [1.165, 1.54) is 6.08 Å². The number of ether oxygens (including phenoxy) is 2. The van der Waals surface area contributed by atoms with Gasteiger partial charge in [-0.1, -0.05) is 38.8 Å². The molecule has 0 unspecified atom stereocenters. The van der Waals surface area contributed by atoms with Crippen molar-refractivity contribution in [2.24, 2.45) is 0 Å². The lowest BCUT2D eigenvalue weighted by molar-refractivity contribution is -0.145. The normalized spacial score (nSPS) is 11.4. The lowest BCUT2D eigenvalue weighted by Crippen LogP contribution is -2.40. The summed E-state index contributed by atoms with van der Waals surface area (Å²) in [6.07, 6.45) is 4.99. The van der Waals surface area contributed by atoms with Crippen molar-refractivity contribution in [2.45, 2.75) is 45.6 Å². The van der Waals surface area contributed by atoms with Gasteiger partial charge in [-0.25, -0.2) is 9.59 Å². The van der Waals surface area contributed by atoms with Gasteiger partial charge < -0.3 is 14.8 Å². The fourth-order valence-corrected chi connectivity index (χ4v) is 1.24. The summed E-state index contributed by atoms with van der Waals surface area (Å²) in [5.41, 5.74) is 0. The van der Waals surface area contributed by atoms with E-state index in [-0.39, 0.29) is 6.61 Å². The maximum absolute atomic E-state index is 11.5. The van der Waals surface area contributed by atoms with Crippen LogP contribution in [-0.4, -0.2) is 31.3 Å². The predicted octanol–water partition coefficient (Wildman–Crippen LogP) is 2.41. The van der Waals surface area contributed by atoms with Crippen LogP contribution in [0.4, 0.5) is 4.79 Å². The Morgan fingerprint density at radius 2 is 2.00 bits per heavy atom. The van der Waals surface area contributed by atoms with E-state index in [1.807, 2.05) is 0 Å². The average molecular weight is 257 g/mol. The molecule has 1 N–H and O–H groups in total. The molecule has 5 heteroatoms. The molecule has 1 amide bonds. The number of hydrogen-bond acceptors (Lipinski definition) is 4. The van der Waals surface area contributed by atoms with Gasteiger partial charge >= 0.3 is 12.1 Å². The third-order valence-electron chi connectivity index (χ3n) is 2.26. The SMILES string of the molecule is C=CCOC(=O)N[C@@H](C)C(=O)OCCCCCC. The first-order valence-corrected chi connectivity index (χ1v) is 6.32. The molecule has 1 atom stereocenters. The zero-order chi connectivity index (χ0) is 13.8. The summed E-state index contributed by atoms with van der Waals surface area (Å²) >= 11 is 0. The van der Waals surface area contributed by atoms with Crippen LogP contribution in [0.15, 0.2) is 12.7 Å². The maximum atomic E-state index is 11.5. The number of esters is 1. The Kier molecular flexibility index (Phi) is 9.73. The van der Waals surface area contributed by atoms with Crippen LogP contribution >= 0.6 is 0 Å². The molecule has 0 bridgehead atoms. The summed E-state index contributed by atoms with van der Waals surface area (Å²) in [7, 11) is 0. The molecule has 18 heavy (non-hydrogen) atoms. The molecule has 0 spiro atoms. The van der Waals surface area contributed by atoms with Crippen LogP contribution in [0.1, 0.15) is 39.5 Å². The summed E-state index contributed by atoms with van der Waals surface area (Å²) in [5, 5.41) is 2.38. The average Bonchev–Trinajstić information content (AvgIpc) is 2.35. The Morgan fingerprint density at radius 1 is 1.28 bits per heavy atom. The molecule has 0 heterocycles. The second-order valence-corrected chi connectivity index (χ2v) is 3.98.